The molecule has 78 valence electrons. The lowest BCUT2D eigenvalue weighted by atomic mass is 9.89. The van der Waals surface area contributed by atoms with Crippen LogP contribution in [0.2, 0.25) is 0 Å². The summed E-state index contributed by atoms with van der Waals surface area (Å²) in [5.74, 6) is 0. The lowest BCUT2D eigenvalue weighted by Crippen LogP contribution is -2.36. The predicted molar refractivity (Wildman–Crippen MR) is 62.8 cm³/mol. The van der Waals surface area contributed by atoms with E-state index in [1.165, 1.54) is 5.57 Å². The van der Waals surface area contributed by atoms with E-state index in [0.29, 0.717) is 0 Å². The van der Waals surface area contributed by atoms with E-state index in [9.17, 15) is 0 Å². The van der Waals surface area contributed by atoms with Crippen molar-refractivity contribution in [3.05, 3.63) is 24.3 Å². The van der Waals surface area contributed by atoms with Crippen molar-refractivity contribution in [2.45, 2.75) is 53.0 Å². The van der Waals surface area contributed by atoms with Gasteiger partial charge in [-0.25, -0.2) is 0 Å². The fourth-order valence-corrected chi connectivity index (χ4v) is 0.686. The molecule has 0 aromatic heterocycles. The van der Waals surface area contributed by atoms with Gasteiger partial charge in [-0.05, 0) is 33.6 Å². The van der Waals surface area contributed by atoms with Crippen LogP contribution in [0.3, 0.4) is 0 Å². The molecule has 0 aromatic carbocycles. The van der Waals surface area contributed by atoms with E-state index in [1.807, 2.05) is 34.6 Å². The molecule has 0 saturated heterocycles. The summed E-state index contributed by atoms with van der Waals surface area (Å²) in [7, 11) is 0. The van der Waals surface area contributed by atoms with E-state index in [0.717, 1.165) is 18.4 Å². The van der Waals surface area contributed by atoms with Gasteiger partial charge < -0.3 is 5.73 Å². The first-order valence-electron chi connectivity index (χ1n) is 4.95. The lowest BCUT2D eigenvalue weighted by molar-refractivity contribution is 0.504. The second-order valence-corrected chi connectivity index (χ2v) is 3.65. The Kier molecular flexibility index (Phi) is 7.93. The summed E-state index contributed by atoms with van der Waals surface area (Å²) in [5.41, 5.74) is 7.97. The normalized spacial score (nSPS) is 13.7. The Balaban J connectivity index is 0. The van der Waals surface area contributed by atoms with Crippen LogP contribution in [0.4, 0.5) is 0 Å². The van der Waals surface area contributed by atoms with Gasteiger partial charge in [0, 0.05) is 5.54 Å². The first-order chi connectivity index (χ1) is 5.86. The summed E-state index contributed by atoms with van der Waals surface area (Å²) in [4.78, 5) is 0. The van der Waals surface area contributed by atoms with Gasteiger partial charge in [0.15, 0.2) is 0 Å². The Morgan fingerprint density at radius 1 is 1.23 bits per heavy atom. The molecule has 0 aromatic rings. The van der Waals surface area contributed by atoms with Crippen molar-refractivity contribution in [3.63, 3.8) is 0 Å². The van der Waals surface area contributed by atoms with Crippen molar-refractivity contribution >= 4 is 0 Å². The third-order valence-corrected chi connectivity index (χ3v) is 2.05. The molecule has 0 spiro atoms. The summed E-state index contributed by atoms with van der Waals surface area (Å²) in [5, 5.41) is 0. The first-order valence-corrected chi connectivity index (χ1v) is 4.95. The summed E-state index contributed by atoms with van der Waals surface area (Å²) in [6.45, 7) is 17.7. The standard InChI is InChI=1S/C10H19N.C2H6/c1-8(2)6-7-10(5,11)9(3)4;1-2/h1,3,6-7,11H2,2,4-5H3;1-2H3. The minimum Gasteiger partial charge on any atom is -0.322 e. The largest absolute Gasteiger partial charge is 0.322 e. The van der Waals surface area contributed by atoms with E-state index in [-0.39, 0.29) is 5.54 Å². The summed E-state index contributed by atoms with van der Waals surface area (Å²) < 4.78 is 0. The fourth-order valence-electron chi connectivity index (χ4n) is 0.686. The van der Waals surface area contributed by atoms with Crippen LogP contribution >= 0.6 is 0 Å². The van der Waals surface area contributed by atoms with Crippen LogP contribution in [0.15, 0.2) is 24.3 Å². The average Bonchev–Trinajstić information content (AvgIpc) is 2.05. The first kappa shape index (κ1) is 14.9. The maximum absolute atomic E-state index is 5.97. The monoisotopic (exact) mass is 183 g/mol. The zero-order valence-corrected chi connectivity index (χ0v) is 9.91. The molecule has 0 heterocycles. The van der Waals surface area contributed by atoms with Crippen molar-refractivity contribution in [2.24, 2.45) is 5.73 Å². The van der Waals surface area contributed by atoms with Crippen LogP contribution < -0.4 is 5.73 Å². The maximum Gasteiger partial charge on any atom is 0.0337 e. The molecule has 1 heteroatoms. The molecule has 2 N–H and O–H groups in total. The van der Waals surface area contributed by atoms with Gasteiger partial charge in [0.05, 0.1) is 0 Å². The number of hydrogen-bond acceptors (Lipinski definition) is 1. The molecule has 0 radical (unpaired) electrons. The minimum atomic E-state index is -0.223. The van der Waals surface area contributed by atoms with Crippen molar-refractivity contribution in [3.8, 4) is 0 Å². The fraction of sp³-hybridized carbons (Fsp3) is 0.667. The quantitative estimate of drug-likeness (QED) is 0.661. The molecular weight excluding hydrogens is 158 g/mol. The van der Waals surface area contributed by atoms with Gasteiger partial charge in [0.25, 0.3) is 0 Å². The molecule has 1 unspecified atom stereocenters. The molecular formula is C12H25N. The van der Waals surface area contributed by atoms with Crippen LogP contribution in [0, 0.1) is 0 Å². The number of rotatable bonds is 4. The van der Waals surface area contributed by atoms with Crippen molar-refractivity contribution in [2.75, 3.05) is 0 Å². The second-order valence-electron chi connectivity index (χ2n) is 3.65. The second kappa shape index (κ2) is 6.90. The van der Waals surface area contributed by atoms with Crippen molar-refractivity contribution in [1.29, 1.82) is 0 Å². The Hall–Kier alpha value is -0.560. The molecule has 0 aliphatic rings. The Morgan fingerprint density at radius 3 is 1.85 bits per heavy atom. The zero-order valence-electron chi connectivity index (χ0n) is 9.91. The van der Waals surface area contributed by atoms with Crippen LogP contribution in [0.1, 0.15) is 47.5 Å². The molecule has 1 atom stereocenters. The molecule has 1 nitrogen and oxygen atoms in total. The third-order valence-electron chi connectivity index (χ3n) is 2.05. The average molecular weight is 183 g/mol. The maximum atomic E-state index is 5.97. The predicted octanol–water partition coefficient (Wildman–Crippen LogP) is 3.66. The molecule has 0 rings (SSSR count). The highest BCUT2D eigenvalue weighted by Crippen LogP contribution is 2.19. The molecule has 0 aliphatic carbocycles. The Labute approximate surface area is 83.7 Å². The topological polar surface area (TPSA) is 26.0 Å². The van der Waals surface area contributed by atoms with Gasteiger partial charge in [-0.3, -0.25) is 0 Å². The molecule has 13 heavy (non-hydrogen) atoms. The van der Waals surface area contributed by atoms with Crippen LogP contribution in [0.25, 0.3) is 0 Å². The van der Waals surface area contributed by atoms with Crippen LogP contribution in [0.5, 0.6) is 0 Å². The summed E-state index contributed by atoms with van der Waals surface area (Å²) in [6.07, 6.45) is 1.93. The Morgan fingerprint density at radius 2 is 1.62 bits per heavy atom. The van der Waals surface area contributed by atoms with Crippen LogP contribution in [-0.4, -0.2) is 5.54 Å². The van der Waals surface area contributed by atoms with E-state index >= 15 is 0 Å². The molecule has 0 amide bonds. The highest BCUT2D eigenvalue weighted by atomic mass is 14.7. The minimum absolute atomic E-state index is 0.223. The SMILES string of the molecule is C=C(C)CCC(C)(N)C(=C)C.CC. The molecule has 0 bridgehead atoms. The highest BCUT2D eigenvalue weighted by Gasteiger charge is 2.17. The highest BCUT2D eigenvalue weighted by molar-refractivity contribution is 5.11. The molecule has 0 saturated carbocycles. The number of allylic oxidation sites excluding steroid dienone is 1. The van der Waals surface area contributed by atoms with Gasteiger partial charge in [-0.15, -0.1) is 6.58 Å². The van der Waals surface area contributed by atoms with Gasteiger partial charge in [0.2, 0.25) is 0 Å². The summed E-state index contributed by atoms with van der Waals surface area (Å²) >= 11 is 0. The van der Waals surface area contributed by atoms with Gasteiger partial charge >= 0.3 is 0 Å². The van der Waals surface area contributed by atoms with E-state index in [1.54, 1.807) is 0 Å². The van der Waals surface area contributed by atoms with E-state index in [2.05, 4.69) is 13.2 Å². The molecule has 0 fully saturated rings. The van der Waals surface area contributed by atoms with Crippen molar-refractivity contribution in [1.82, 2.24) is 0 Å². The lowest BCUT2D eigenvalue weighted by Gasteiger charge is -2.24. The van der Waals surface area contributed by atoms with Gasteiger partial charge in [-0.1, -0.05) is 31.6 Å². The zero-order chi connectivity index (χ0) is 11.1. The summed E-state index contributed by atoms with van der Waals surface area (Å²) in [6, 6.07) is 0. The smallest absolute Gasteiger partial charge is 0.0337 e. The van der Waals surface area contributed by atoms with Gasteiger partial charge in [-0.2, -0.15) is 0 Å². The Bertz CT molecular complexity index is 166. The van der Waals surface area contributed by atoms with Crippen LogP contribution in [-0.2, 0) is 0 Å². The van der Waals surface area contributed by atoms with E-state index in [4.69, 9.17) is 5.73 Å². The third kappa shape index (κ3) is 7.79. The van der Waals surface area contributed by atoms with Crippen molar-refractivity contribution < 1.29 is 0 Å². The van der Waals surface area contributed by atoms with Gasteiger partial charge in [0.1, 0.15) is 0 Å². The van der Waals surface area contributed by atoms with E-state index < -0.39 is 0 Å². The number of nitrogens with two attached hydrogens (primary N) is 1. The molecule has 0 aliphatic heterocycles. The number of hydrogen-bond donors (Lipinski definition) is 1.